The minimum Gasteiger partial charge on any atom is -0.481 e. The molecule has 0 atom stereocenters. The predicted octanol–water partition coefficient (Wildman–Crippen LogP) is 2.82. The van der Waals surface area contributed by atoms with Gasteiger partial charge in [-0.2, -0.15) is 0 Å². The minimum absolute atomic E-state index is 0.667. The van der Waals surface area contributed by atoms with Gasteiger partial charge in [0, 0.05) is 23.3 Å². The SMILES string of the molecule is COc1nccc2ccc(NC3CC3)cc12. The second-order valence-corrected chi connectivity index (χ2v) is 4.17. The molecule has 0 spiro atoms. The summed E-state index contributed by atoms with van der Waals surface area (Å²) in [4.78, 5) is 4.21. The smallest absolute Gasteiger partial charge is 0.221 e. The van der Waals surface area contributed by atoms with Crippen LogP contribution in [0, 0.1) is 0 Å². The highest BCUT2D eigenvalue weighted by Crippen LogP contribution is 2.29. The lowest BCUT2D eigenvalue weighted by Gasteiger charge is -2.08. The normalized spacial score (nSPS) is 15.1. The fourth-order valence-corrected chi connectivity index (χ4v) is 1.86. The van der Waals surface area contributed by atoms with Crippen LogP contribution in [-0.4, -0.2) is 18.1 Å². The number of anilines is 1. The van der Waals surface area contributed by atoms with Gasteiger partial charge in [-0.05, 0) is 36.4 Å². The first kappa shape index (κ1) is 9.46. The fourth-order valence-electron chi connectivity index (χ4n) is 1.86. The standard InChI is InChI=1S/C13H14N2O/c1-16-13-12-8-11(15-10-4-5-10)3-2-9(12)6-7-14-13/h2-3,6-8,10,15H,4-5H2,1H3. The molecule has 1 saturated carbocycles. The highest BCUT2D eigenvalue weighted by Gasteiger charge is 2.20. The zero-order valence-corrected chi connectivity index (χ0v) is 9.23. The Morgan fingerprint density at radius 2 is 2.19 bits per heavy atom. The number of pyridine rings is 1. The monoisotopic (exact) mass is 214 g/mol. The molecule has 0 radical (unpaired) electrons. The van der Waals surface area contributed by atoms with Crippen molar-refractivity contribution in [3.63, 3.8) is 0 Å². The van der Waals surface area contributed by atoms with Crippen molar-refractivity contribution in [2.75, 3.05) is 12.4 Å². The van der Waals surface area contributed by atoms with E-state index in [0.29, 0.717) is 11.9 Å². The molecule has 3 nitrogen and oxygen atoms in total. The third kappa shape index (κ3) is 1.69. The summed E-state index contributed by atoms with van der Waals surface area (Å²) in [6.45, 7) is 0. The van der Waals surface area contributed by atoms with E-state index in [-0.39, 0.29) is 0 Å². The first-order valence-corrected chi connectivity index (χ1v) is 5.56. The van der Waals surface area contributed by atoms with E-state index in [1.54, 1.807) is 13.3 Å². The number of nitrogens with zero attached hydrogens (tertiary/aromatic N) is 1. The average molecular weight is 214 g/mol. The molecular weight excluding hydrogens is 200 g/mol. The molecule has 3 heteroatoms. The molecule has 0 amide bonds. The van der Waals surface area contributed by atoms with Crippen molar-refractivity contribution in [3.8, 4) is 5.88 Å². The van der Waals surface area contributed by atoms with E-state index in [0.717, 1.165) is 16.5 Å². The number of benzene rings is 1. The number of rotatable bonds is 3. The predicted molar refractivity (Wildman–Crippen MR) is 64.9 cm³/mol. The van der Waals surface area contributed by atoms with E-state index in [2.05, 4.69) is 28.5 Å². The molecule has 1 aliphatic rings. The minimum atomic E-state index is 0.667. The number of fused-ring (bicyclic) bond motifs is 1. The van der Waals surface area contributed by atoms with Crippen molar-refractivity contribution in [1.82, 2.24) is 4.98 Å². The van der Waals surface area contributed by atoms with Gasteiger partial charge in [0.05, 0.1) is 7.11 Å². The highest BCUT2D eigenvalue weighted by atomic mass is 16.5. The molecule has 1 aromatic heterocycles. The van der Waals surface area contributed by atoms with Gasteiger partial charge in [0.15, 0.2) is 0 Å². The van der Waals surface area contributed by atoms with Crippen molar-refractivity contribution in [1.29, 1.82) is 0 Å². The van der Waals surface area contributed by atoms with Gasteiger partial charge in [-0.15, -0.1) is 0 Å². The second-order valence-electron chi connectivity index (χ2n) is 4.17. The van der Waals surface area contributed by atoms with Crippen molar-refractivity contribution < 1.29 is 4.74 Å². The number of hydrogen-bond donors (Lipinski definition) is 1. The summed E-state index contributed by atoms with van der Waals surface area (Å²) in [7, 11) is 1.66. The van der Waals surface area contributed by atoms with Crippen LogP contribution in [0.2, 0.25) is 0 Å². The van der Waals surface area contributed by atoms with E-state index in [1.165, 1.54) is 12.8 Å². The summed E-state index contributed by atoms with van der Waals surface area (Å²) in [5.41, 5.74) is 1.15. The largest absolute Gasteiger partial charge is 0.481 e. The van der Waals surface area contributed by atoms with Crippen molar-refractivity contribution in [2.45, 2.75) is 18.9 Å². The van der Waals surface area contributed by atoms with Gasteiger partial charge < -0.3 is 10.1 Å². The number of aromatic nitrogens is 1. The van der Waals surface area contributed by atoms with Crippen molar-refractivity contribution >= 4 is 16.5 Å². The quantitative estimate of drug-likeness (QED) is 0.853. The van der Waals surface area contributed by atoms with E-state index in [9.17, 15) is 0 Å². The first-order chi connectivity index (χ1) is 7.86. The lowest BCUT2D eigenvalue weighted by Crippen LogP contribution is -2.00. The van der Waals surface area contributed by atoms with Crippen LogP contribution in [0.3, 0.4) is 0 Å². The molecule has 2 aromatic rings. The molecule has 0 unspecified atom stereocenters. The lowest BCUT2D eigenvalue weighted by atomic mass is 10.1. The molecule has 1 aromatic carbocycles. The van der Waals surface area contributed by atoms with Crippen LogP contribution in [-0.2, 0) is 0 Å². The Kier molecular flexibility index (Phi) is 2.17. The molecule has 1 heterocycles. The van der Waals surface area contributed by atoms with Crippen LogP contribution < -0.4 is 10.1 Å². The molecule has 82 valence electrons. The van der Waals surface area contributed by atoms with Gasteiger partial charge in [0.2, 0.25) is 5.88 Å². The van der Waals surface area contributed by atoms with Crippen LogP contribution in [0.4, 0.5) is 5.69 Å². The molecular formula is C13H14N2O. The summed E-state index contributed by atoms with van der Waals surface area (Å²) in [6.07, 6.45) is 4.33. The topological polar surface area (TPSA) is 34.1 Å². The van der Waals surface area contributed by atoms with E-state index in [4.69, 9.17) is 4.74 Å². The lowest BCUT2D eigenvalue weighted by molar-refractivity contribution is 0.403. The van der Waals surface area contributed by atoms with Crippen LogP contribution >= 0.6 is 0 Å². The number of methoxy groups -OCH3 is 1. The van der Waals surface area contributed by atoms with Crippen LogP contribution in [0.1, 0.15) is 12.8 Å². The maximum Gasteiger partial charge on any atom is 0.221 e. The molecule has 1 N–H and O–H groups in total. The summed E-state index contributed by atoms with van der Waals surface area (Å²) in [5.74, 6) is 0.692. The zero-order valence-electron chi connectivity index (χ0n) is 9.23. The molecule has 3 rings (SSSR count). The molecule has 0 aliphatic heterocycles. The third-order valence-corrected chi connectivity index (χ3v) is 2.87. The van der Waals surface area contributed by atoms with Gasteiger partial charge in [0.1, 0.15) is 0 Å². The van der Waals surface area contributed by atoms with Crippen LogP contribution in [0.25, 0.3) is 10.8 Å². The van der Waals surface area contributed by atoms with Crippen LogP contribution in [0.5, 0.6) is 5.88 Å². The van der Waals surface area contributed by atoms with E-state index >= 15 is 0 Å². The Morgan fingerprint density at radius 1 is 1.31 bits per heavy atom. The summed E-state index contributed by atoms with van der Waals surface area (Å²) >= 11 is 0. The highest BCUT2D eigenvalue weighted by molar-refractivity contribution is 5.89. The Bertz CT molecular complexity index is 520. The zero-order chi connectivity index (χ0) is 11.0. The van der Waals surface area contributed by atoms with Crippen molar-refractivity contribution in [2.24, 2.45) is 0 Å². The Balaban J connectivity index is 2.06. The molecule has 0 saturated heterocycles. The first-order valence-electron chi connectivity index (χ1n) is 5.56. The molecule has 0 bridgehead atoms. The maximum absolute atomic E-state index is 5.26. The molecule has 16 heavy (non-hydrogen) atoms. The van der Waals surface area contributed by atoms with Gasteiger partial charge >= 0.3 is 0 Å². The fraction of sp³-hybridized carbons (Fsp3) is 0.308. The third-order valence-electron chi connectivity index (χ3n) is 2.87. The Morgan fingerprint density at radius 3 is 2.94 bits per heavy atom. The van der Waals surface area contributed by atoms with Crippen LogP contribution in [0.15, 0.2) is 30.5 Å². The Labute approximate surface area is 94.5 Å². The number of nitrogens with one attached hydrogen (secondary N) is 1. The molecule has 1 fully saturated rings. The van der Waals surface area contributed by atoms with E-state index in [1.807, 2.05) is 6.07 Å². The number of hydrogen-bond acceptors (Lipinski definition) is 3. The Hall–Kier alpha value is -1.77. The second kappa shape index (κ2) is 3.67. The maximum atomic E-state index is 5.26. The van der Waals surface area contributed by atoms with Gasteiger partial charge in [-0.1, -0.05) is 6.07 Å². The summed E-state index contributed by atoms with van der Waals surface area (Å²) < 4.78 is 5.26. The van der Waals surface area contributed by atoms with Gasteiger partial charge in [0.25, 0.3) is 0 Å². The number of ether oxygens (including phenoxy) is 1. The summed E-state index contributed by atoms with van der Waals surface area (Å²) in [5, 5.41) is 5.70. The van der Waals surface area contributed by atoms with Gasteiger partial charge in [-0.3, -0.25) is 0 Å². The van der Waals surface area contributed by atoms with Gasteiger partial charge in [-0.25, -0.2) is 4.98 Å². The van der Waals surface area contributed by atoms with E-state index < -0.39 is 0 Å². The average Bonchev–Trinajstić information content (AvgIpc) is 3.12. The summed E-state index contributed by atoms with van der Waals surface area (Å²) in [6, 6.07) is 8.99. The molecule has 1 aliphatic carbocycles. The van der Waals surface area contributed by atoms with Crippen molar-refractivity contribution in [3.05, 3.63) is 30.5 Å².